The molecule has 0 amide bonds. The van der Waals surface area contributed by atoms with E-state index >= 15 is 0 Å². The maximum absolute atomic E-state index is 5.70. The molecule has 252 valence electrons. The third kappa shape index (κ3) is 6.98. The van der Waals surface area contributed by atoms with E-state index in [4.69, 9.17) is 4.74 Å². The summed E-state index contributed by atoms with van der Waals surface area (Å²) in [5.41, 5.74) is 10.9. The second-order valence-electron chi connectivity index (χ2n) is 12.5. The monoisotopic (exact) mass is 800 g/mol. The zero-order chi connectivity index (χ0) is 35.4. The van der Waals surface area contributed by atoms with Crippen LogP contribution in [0.15, 0.2) is 197 Å². The number of nitrogens with zero attached hydrogens (tertiary/aromatic N) is 2. The van der Waals surface area contributed by atoms with Gasteiger partial charge in [-0.1, -0.05) is 123 Å². The molecule has 0 aliphatic heterocycles. The summed E-state index contributed by atoms with van der Waals surface area (Å²) in [5, 5.41) is 2.19. The fourth-order valence-electron chi connectivity index (χ4n) is 6.64. The van der Waals surface area contributed by atoms with Crippen LogP contribution in [0.25, 0.3) is 33.0 Å². The maximum Gasteiger partial charge on any atom is 0.119 e. The highest BCUT2D eigenvalue weighted by molar-refractivity contribution is 9.10. The molecule has 0 aromatic heterocycles. The number of hydrogen-bond acceptors (Lipinski definition) is 3. The SMILES string of the molecule is COc1ccc2cc(N(c3ccc(Br)cc3)c3ccc(-c4ccccc4)cc3)c(N(c3ccc(Br)cc3)c3ccc(-c4ccccc4)cc3)cc2c1. The summed E-state index contributed by atoms with van der Waals surface area (Å²) in [7, 11) is 1.72. The molecule has 0 fully saturated rings. The predicted molar refractivity (Wildman–Crippen MR) is 226 cm³/mol. The van der Waals surface area contributed by atoms with Crippen molar-refractivity contribution in [1.29, 1.82) is 0 Å². The molecule has 3 nitrogen and oxygen atoms in total. The molecule has 0 saturated heterocycles. The molecule has 8 aromatic carbocycles. The van der Waals surface area contributed by atoms with Gasteiger partial charge in [-0.3, -0.25) is 0 Å². The van der Waals surface area contributed by atoms with Crippen LogP contribution in [-0.2, 0) is 0 Å². The lowest BCUT2D eigenvalue weighted by atomic mass is 10.0. The van der Waals surface area contributed by atoms with Crippen LogP contribution in [0.3, 0.4) is 0 Å². The fraction of sp³-hybridized carbons (Fsp3) is 0.0213. The van der Waals surface area contributed by atoms with Crippen molar-refractivity contribution in [2.24, 2.45) is 0 Å². The van der Waals surface area contributed by atoms with Gasteiger partial charge in [-0.25, -0.2) is 0 Å². The molecule has 0 heterocycles. The molecule has 0 saturated carbocycles. The van der Waals surface area contributed by atoms with Crippen LogP contribution in [0.5, 0.6) is 5.75 Å². The number of rotatable bonds is 9. The molecule has 0 radical (unpaired) electrons. The van der Waals surface area contributed by atoms with E-state index in [0.717, 1.165) is 59.6 Å². The number of methoxy groups -OCH3 is 1. The van der Waals surface area contributed by atoms with Crippen molar-refractivity contribution < 1.29 is 4.74 Å². The van der Waals surface area contributed by atoms with Gasteiger partial charge in [-0.15, -0.1) is 0 Å². The highest BCUT2D eigenvalue weighted by atomic mass is 79.9. The second kappa shape index (κ2) is 14.9. The first-order valence-corrected chi connectivity index (χ1v) is 18.7. The summed E-state index contributed by atoms with van der Waals surface area (Å²) >= 11 is 7.35. The summed E-state index contributed by atoms with van der Waals surface area (Å²) in [6, 6.07) is 66.6. The Kier molecular flexibility index (Phi) is 9.62. The standard InChI is InChI=1S/C47H34Br2N2O/c1-52-45-29-16-37-31-46(50(43-25-17-39(48)18-26-43)41-21-12-35(13-22-41)33-8-4-2-5-9-33)47(32-38(37)30-45)51(44-27-19-40(49)20-28-44)42-23-14-36(15-24-42)34-10-6-3-7-11-34/h2-32H,1H3. The Labute approximate surface area is 321 Å². The Morgan fingerprint density at radius 1 is 0.365 bits per heavy atom. The summed E-state index contributed by atoms with van der Waals surface area (Å²) < 4.78 is 7.75. The number of benzene rings is 8. The van der Waals surface area contributed by atoms with Crippen molar-refractivity contribution in [3.05, 3.63) is 197 Å². The molecule has 8 aromatic rings. The van der Waals surface area contributed by atoms with E-state index in [1.807, 2.05) is 6.07 Å². The second-order valence-corrected chi connectivity index (χ2v) is 14.3. The lowest BCUT2D eigenvalue weighted by Crippen LogP contribution is -2.17. The zero-order valence-corrected chi connectivity index (χ0v) is 31.6. The minimum Gasteiger partial charge on any atom is -0.497 e. The summed E-state index contributed by atoms with van der Waals surface area (Å²) in [5.74, 6) is 0.815. The smallest absolute Gasteiger partial charge is 0.119 e. The van der Waals surface area contributed by atoms with E-state index < -0.39 is 0 Å². The molecular weight excluding hydrogens is 768 g/mol. The minimum atomic E-state index is 0.815. The topological polar surface area (TPSA) is 15.7 Å². The average molecular weight is 803 g/mol. The van der Waals surface area contributed by atoms with Gasteiger partial charge in [0.1, 0.15) is 5.75 Å². The Bertz CT molecular complexity index is 2430. The Balaban J connectivity index is 1.37. The lowest BCUT2D eigenvalue weighted by molar-refractivity contribution is 0.415. The molecule has 0 N–H and O–H groups in total. The third-order valence-corrected chi connectivity index (χ3v) is 10.3. The number of ether oxygens (including phenoxy) is 1. The van der Waals surface area contributed by atoms with E-state index in [9.17, 15) is 0 Å². The van der Waals surface area contributed by atoms with Crippen molar-refractivity contribution in [1.82, 2.24) is 0 Å². The predicted octanol–water partition coefficient (Wildman–Crippen LogP) is 14.6. The molecular formula is C47H34Br2N2O. The van der Waals surface area contributed by atoms with E-state index in [0.29, 0.717) is 0 Å². The molecule has 8 rings (SSSR count). The van der Waals surface area contributed by atoms with Gasteiger partial charge in [0, 0.05) is 31.7 Å². The van der Waals surface area contributed by atoms with E-state index in [1.54, 1.807) is 7.11 Å². The van der Waals surface area contributed by atoms with Crippen LogP contribution in [0.4, 0.5) is 34.1 Å². The molecule has 5 heteroatoms. The maximum atomic E-state index is 5.70. The summed E-state index contributed by atoms with van der Waals surface area (Å²) in [6.07, 6.45) is 0. The highest BCUT2D eigenvalue weighted by Crippen LogP contribution is 2.48. The molecule has 0 spiro atoms. The van der Waals surface area contributed by atoms with E-state index in [-0.39, 0.29) is 0 Å². The average Bonchev–Trinajstić information content (AvgIpc) is 3.20. The van der Waals surface area contributed by atoms with Crippen molar-refractivity contribution >= 4 is 76.8 Å². The number of hydrogen-bond donors (Lipinski definition) is 0. The van der Waals surface area contributed by atoms with Gasteiger partial charge in [-0.05, 0) is 130 Å². The lowest BCUT2D eigenvalue weighted by Gasteiger charge is -2.34. The number of fused-ring (bicyclic) bond motifs is 1. The molecule has 0 aliphatic carbocycles. The third-order valence-electron chi connectivity index (χ3n) is 9.26. The number of anilines is 6. The Morgan fingerprint density at radius 3 is 1.13 bits per heavy atom. The van der Waals surface area contributed by atoms with Gasteiger partial charge in [0.25, 0.3) is 0 Å². The Morgan fingerprint density at radius 2 is 0.731 bits per heavy atom. The van der Waals surface area contributed by atoms with Crippen molar-refractivity contribution in [2.75, 3.05) is 16.9 Å². The number of halogens is 2. The zero-order valence-electron chi connectivity index (χ0n) is 28.5. The molecule has 0 unspecified atom stereocenters. The first kappa shape index (κ1) is 33.5. The van der Waals surface area contributed by atoms with Gasteiger partial charge < -0.3 is 14.5 Å². The molecule has 0 aliphatic rings. The van der Waals surface area contributed by atoms with Gasteiger partial charge in [0.05, 0.1) is 18.5 Å². The minimum absolute atomic E-state index is 0.815. The van der Waals surface area contributed by atoms with Crippen LogP contribution < -0.4 is 14.5 Å². The summed E-state index contributed by atoms with van der Waals surface area (Å²) in [6.45, 7) is 0. The van der Waals surface area contributed by atoms with E-state index in [2.05, 4.69) is 224 Å². The molecule has 52 heavy (non-hydrogen) atoms. The van der Waals surface area contributed by atoms with Gasteiger partial charge in [0.2, 0.25) is 0 Å². The molecule has 0 bridgehead atoms. The van der Waals surface area contributed by atoms with Crippen LogP contribution >= 0.6 is 31.9 Å². The Hall–Kier alpha value is -5.62. The van der Waals surface area contributed by atoms with Crippen LogP contribution in [-0.4, -0.2) is 7.11 Å². The molecule has 0 atom stereocenters. The largest absolute Gasteiger partial charge is 0.497 e. The first-order chi connectivity index (χ1) is 25.5. The van der Waals surface area contributed by atoms with Gasteiger partial charge in [0.15, 0.2) is 0 Å². The van der Waals surface area contributed by atoms with Crippen molar-refractivity contribution in [3.8, 4) is 28.0 Å². The van der Waals surface area contributed by atoms with Crippen molar-refractivity contribution in [3.63, 3.8) is 0 Å². The quantitative estimate of drug-likeness (QED) is 0.145. The normalized spacial score (nSPS) is 11.0. The van der Waals surface area contributed by atoms with Gasteiger partial charge >= 0.3 is 0 Å². The fourth-order valence-corrected chi connectivity index (χ4v) is 7.17. The summed E-state index contributed by atoms with van der Waals surface area (Å²) in [4.78, 5) is 4.70. The first-order valence-electron chi connectivity index (χ1n) is 17.1. The van der Waals surface area contributed by atoms with Crippen LogP contribution in [0.2, 0.25) is 0 Å². The van der Waals surface area contributed by atoms with Crippen LogP contribution in [0, 0.1) is 0 Å². The van der Waals surface area contributed by atoms with Gasteiger partial charge in [-0.2, -0.15) is 0 Å². The van der Waals surface area contributed by atoms with E-state index in [1.165, 1.54) is 22.3 Å². The van der Waals surface area contributed by atoms with Crippen molar-refractivity contribution in [2.45, 2.75) is 0 Å². The highest BCUT2D eigenvalue weighted by Gasteiger charge is 2.24. The van der Waals surface area contributed by atoms with Crippen LogP contribution in [0.1, 0.15) is 0 Å².